The van der Waals surface area contributed by atoms with Crippen LogP contribution in [-0.4, -0.2) is 29.2 Å². The first kappa shape index (κ1) is 12.4. The Hall–Kier alpha value is -1.65. The standard InChI is InChI=1S/C15H19N3O/c16-13-7-4-8-18(10-13)11-14-9-15(19-17-14)12-5-2-1-3-6-12/h1-3,5-6,9,13H,4,7-8,10-11,16H2. The smallest absolute Gasteiger partial charge is 0.167 e. The van der Waals surface area contributed by atoms with Crippen LogP contribution in [0.5, 0.6) is 0 Å². The number of benzene rings is 1. The Morgan fingerprint density at radius 2 is 2.16 bits per heavy atom. The van der Waals surface area contributed by atoms with Gasteiger partial charge in [0.05, 0.1) is 5.69 Å². The van der Waals surface area contributed by atoms with Crippen molar-refractivity contribution in [1.82, 2.24) is 10.1 Å². The zero-order valence-electron chi connectivity index (χ0n) is 11.0. The average Bonchev–Trinajstić information content (AvgIpc) is 2.88. The number of hydrogen-bond donors (Lipinski definition) is 1. The van der Waals surface area contributed by atoms with Crippen molar-refractivity contribution in [3.05, 3.63) is 42.1 Å². The molecule has 0 bridgehead atoms. The molecule has 3 rings (SSSR count). The Labute approximate surface area is 113 Å². The molecule has 100 valence electrons. The molecule has 1 aromatic carbocycles. The molecule has 1 atom stereocenters. The Morgan fingerprint density at radius 1 is 1.32 bits per heavy atom. The lowest BCUT2D eigenvalue weighted by Gasteiger charge is -2.29. The van der Waals surface area contributed by atoms with Crippen LogP contribution >= 0.6 is 0 Å². The number of aromatic nitrogens is 1. The maximum atomic E-state index is 5.99. The summed E-state index contributed by atoms with van der Waals surface area (Å²) < 4.78 is 5.41. The summed E-state index contributed by atoms with van der Waals surface area (Å²) in [7, 11) is 0. The highest BCUT2D eigenvalue weighted by molar-refractivity contribution is 5.56. The van der Waals surface area contributed by atoms with Crippen molar-refractivity contribution in [3.63, 3.8) is 0 Å². The SMILES string of the molecule is NC1CCCN(Cc2cc(-c3ccccc3)on2)C1. The minimum absolute atomic E-state index is 0.300. The summed E-state index contributed by atoms with van der Waals surface area (Å²) in [6, 6.07) is 12.4. The summed E-state index contributed by atoms with van der Waals surface area (Å²) in [6.07, 6.45) is 2.30. The molecular formula is C15H19N3O. The fourth-order valence-corrected chi connectivity index (χ4v) is 2.59. The Kier molecular flexibility index (Phi) is 3.62. The van der Waals surface area contributed by atoms with E-state index in [2.05, 4.69) is 10.1 Å². The molecule has 1 aromatic heterocycles. The summed E-state index contributed by atoms with van der Waals surface area (Å²) in [5.74, 6) is 0.830. The third-order valence-corrected chi connectivity index (χ3v) is 3.54. The van der Waals surface area contributed by atoms with Crippen LogP contribution in [0.4, 0.5) is 0 Å². The Bertz CT molecular complexity index is 523. The highest BCUT2D eigenvalue weighted by Gasteiger charge is 2.18. The lowest BCUT2D eigenvalue weighted by atomic mass is 10.1. The summed E-state index contributed by atoms with van der Waals surface area (Å²) in [4.78, 5) is 2.35. The van der Waals surface area contributed by atoms with Crippen LogP contribution in [0.25, 0.3) is 11.3 Å². The first-order valence-corrected chi connectivity index (χ1v) is 6.80. The van der Waals surface area contributed by atoms with Crippen LogP contribution in [0, 0.1) is 0 Å². The van der Waals surface area contributed by atoms with Gasteiger partial charge >= 0.3 is 0 Å². The van der Waals surface area contributed by atoms with E-state index in [0.29, 0.717) is 6.04 Å². The molecule has 2 heterocycles. The normalized spacial score (nSPS) is 20.6. The Balaban J connectivity index is 1.68. The molecule has 2 N–H and O–H groups in total. The number of rotatable bonds is 3. The molecule has 1 aliphatic heterocycles. The highest BCUT2D eigenvalue weighted by Crippen LogP contribution is 2.21. The number of nitrogens with two attached hydrogens (primary N) is 1. The second kappa shape index (κ2) is 5.55. The zero-order chi connectivity index (χ0) is 13.1. The topological polar surface area (TPSA) is 55.3 Å². The van der Waals surface area contributed by atoms with Crippen LogP contribution in [0.15, 0.2) is 40.9 Å². The van der Waals surface area contributed by atoms with Gasteiger partial charge in [0.2, 0.25) is 0 Å². The second-order valence-corrected chi connectivity index (χ2v) is 5.19. The van der Waals surface area contributed by atoms with Crippen molar-refractivity contribution in [2.24, 2.45) is 5.73 Å². The molecule has 0 aliphatic carbocycles. The predicted molar refractivity (Wildman–Crippen MR) is 74.4 cm³/mol. The van der Waals surface area contributed by atoms with Crippen LogP contribution in [0.3, 0.4) is 0 Å². The summed E-state index contributed by atoms with van der Waals surface area (Å²) >= 11 is 0. The lowest BCUT2D eigenvalue weighted by Crippen LogP contribution is -2.42. The van der Waals surface area contributed by atoms with Crippen molar-refractivity contribution in [2.75, 3.05) is 13.1 Å². The quantitative estimate of drug-likeness (QED) is 0.916. The molecule has 0 saturated carbocycles. The fourth-order valence-electron chi connectivity index (χ4n) is 2.59. The number of nitrogens with zero attached hydrogens (tertiary/aromatic N) is 2. The van der Waals surface area contributed by atoms with E-state index in [1.807, 2.05) is 36.4 Å². The van der Waals surface area contributed by atoms with Gasteiger partial charge in [-0.1, -0.05) is 35.5 Å². The van der Waals surface area contributed by atoms with Gasteiger partial charge in [0, 0.05) is 30.8 Å². The van der Waals surface area contributed by atoms with Crippen LogP contribution in [0.2, 0.25) is 0 Å². The third kappa shape index (κ3) is 3.03. The summed E-state index contributed by atoms with van der Waals surface area (Å²) in [5, 5.41) is 4.15. The van der Waals surface area contributed by atoms with E-state index in [0.717, 1.165) is 43.1 Å². The van der Waals surface area contributed by atoms with E-state index < -0.39 is 0 Å². The van der Waals surface area contributed by atoms with Crippen LogP contribution in [0.1, 0.15) is 18.5 Å². The first-order valence-electron chi connectivity index (χ1n) is 6.80. The van der Waals surface area contributed by atoms with Gasteiger partial charge < -0.3 is 10.3 Å². The molecule has 0 radical (unpaired) electrons. The summed E-state index contributed by atoms with van der Waals surface area (Å²) in [6.45, 7) is 2.87. The zero-order valence-corrected chi connectivity index (χ0v) is 11.0. The molecule has 0 amide bonds. The van der Waals surface area contributed by atoms with E-state index in [1.165, 1.54) is 6.42 Å². The highest BCUT2D eigenvalue weighted by atomic mass is 16.5. The molecule has 1 fully saturated rings. The largest absolute Gasteiger partial charge is 0.356 e. The molecular weight excluding hydrogens is 238 g/mol. The van der Waals surface area contributed by atoms with E-state index >= 15 is 0 Å². The van der Waals surface area contributed by atoms with Gasteiger partial charge in [0.25, 0.3) is 0 Å². The van der Waals surface area contributed by atoms with Gasteiger partial charge in [0.1, 0.15) is 0 Å². The number of likely N-dealkylation sites (tertiary alicyclic amines) is 1. The van der Waals surface area contributed by atoms with Gasteiger partial charge in [-0.05, 0) is 19.4 Å². The third-order valence-electron chi connectivity index (χ3n) is 3.54. The number of hydrogen-bond acceptors (Lipinski definition) is 4. The van der Waals surface area contributed by atoms with Crippen molar-refractivity contribution in [2.45, 2.75) is 25.4 Å². The maximum absolute atomic E-state index is 5.99. The van der Waals surface area contributed by atoms with Crippen molar-refractivity contribution >= 4 is 0 Å². The van der Waals surface area contributed by atoms with Gasteiger partial charge in [-0.2, -0.15) is 0 Å². The van der Waals surface area contributed by atoms with E-state index in [-0.39, 0.29) is 0 Å². The van der Waals surface area contributed by atoms with E-state index in [4.69, 9.17) is 10.3 Å². The van der Waals surface area contributed by atoms with Crippen molar-refractivity contribution in [1.29, 1.82) is 0 Å². The fraction of sp³-hybridized carbons (Fsp3) is 0.400. The minimum Gasteiger partial charge on any atom is -0.356 e. The molecule has 1 saturated heterocycles. The molecule has 19 heavy (non-hydrogen) atoms. The lowest BCUT2D eigenvalue weighted by molar-refractivity contribution is 0.196. The molecule has 4 nitrogen and oxygen atoms in total. The second-order valence-electron chi connectivity index (χ2n) is 5.19. The predicted octanol–water partition coefficient (Wildman–Crippen LogP) is 2.26. The van der Waals surface area contributed by atoms with Gasteiger partial charge in [-0.15, -0.1) is 0 Å². The molecule has 1 unspecified atom stereocenters. The summed E-state index contributed by atoms with van der Waals surface area (Å²) in [5.41, 5.74) is 8.04. The number of piperidine rings is 1. The maximum Gasteiger partial charge on any atom is 0.167 e. The van der Waals surface area contributed by atoms with Gasteiger partial charge in [0.15, 0.2) is 5.76 Å². The van der Waals surface area contributed by atoms with Crippen molar-refractivity contribution in [3.8, 4) is 11.3 Å². The van der Waals surface area contributed by atoms with Crippen molar-refractivity contribution < 1.29 is 4.52 Å². The molecule has 2 aromatic rings. The first-order chi connectivity index (χ1) is 9.31. The average molecular weight is 257 g/mol. The van der Waals surface area contributed by atoms with Gasteiger partial charge in [-0.3, -0.25) is 4.90 Å². The molecule has 1 aliphatic rings. The molecule has 4 heteroatoms. The van der Waals surface area contributed by atoms with E-state index in [9.17, 15) is 0 Å². The minimum atomic E-state index is 0.300. The molecule has 0 spiro atoms. The van der Waals surface area contributed by atoms with Crippen LogP contribution in [-0.2, 0) is 6.54 Å². The Morgan fingerprint density at radius 3 is 2.95 bits per heavy atom. The van der Waals surface area contributed by atoms with E-state index in [1.54, 1.807) is 0 Å². The van der Waals surface area contributed by atoms with Gasteiger partial charge in [-0.25, -0.2) is 0 Å². The van der Waals surface area contributed by atoms with Crippen LogP contribution < -0.4 is 5.73 Å². The monoisotopic (exact) mass is 257 g/mol.